The lowest BCUT2D eigenvalue weighted by Crippen LogP contribution is -2.36. The van der Waals surface area contributed by atoms with Crippen LogP contribution in [0.4, 0.5) is 0 Å². The minimum atomic E-state index is 0.348. The molecule has 1 fully saturated rings. The quantitative estimate of drug-likeness (QED) is 0.907. The number of rotatable bonds is 4. The molecule has 1 N–H and O–H groups in total. The highest BCUT2D eigenvalue weighted by molar-refractivity contribution is 6.34. The number of benzene rings is 1. The van der Waals surface area contributed by atoms with Crippen molar-refractivity contribution in [2.45, 2.75) is 26.3 Å². The predicted octanol–water partition coefficient (Wildman–Crippen LogP) is 3.90. The molecule has 0 radical (unpaired) electrons. The average Bonchev–Trinajstić information content (AvgIpc) is 2.28. The van der Waals surface area contributed by atoms with E-state index in [1.54, 1.807) is 6.07 Å². The number of hydrogen-bond acceptors (Lipinski definition) is 2. The van der Waals surface area contributed by atoms with Crippen LogP contribution in [0.2, 0.25) is 10.0 Å². The van der Waals surface area contributed by atoms with Gasteiger partial charge >= 0.3 is 0 Å². The largest absolute Gasteiger partial charge is 0.381 e. The molecule has 1 aliphatic heterocycles. The lowest BCUT2D eigenvalue weighted by Gasteiger charge is -2.33. The molecule has 0 aliphatic carbocycles. The number of halogens is 2. The normalized spacial score (nSPS) is 18.8. The molecular weight excluding hydrogens is 269 g/mol. The van der Waals surface area contributed by atoms with Crippen LogP contribution < -0.4 is 5.32 Å². The molecule has 1 aromatic rings. The van der Waals surface area contributed by atoms with Gasteiger partial charge in [-0.15, -0.1) is 0 Å². The van der Waals surface area contributed by atoms with E-state index in [4.69, 9.17) is 27.9 Å². The van der Waals surface area contributed by atoms with E-state index < -0.39 is 0 Å². The van der Waals surface area contributed by atoms with Crippen LogP contribution in [0.15, 0.2) is 18.2 Å². The van der Waals surface area contributed by atoms with Crippen LogP contribution in [0.5, 0.6) is 0 Å². The number of hydrogen-bond donors (Lipinski definition) is 1. The highest BCUT2D eigenvalue weighted by Gasteiger charge is 2.26. The zero-order chi connectivity index (χ0) is 13.0. The average molecular weight is 288 g/mol. The molecule has 2 rings (SSSR count). The van der Waals surface area contributed by atoms with Crippen molar-refractivity contribution in [3.05, 3.63) is 33.8 Å². The van der Waals surface area contributed by atoms with Crippen LogP contribution >= 0.6 is 23.2 Å². The van der Waals surface area contributed by atoms with Crippen molar-refractivity contribution < 1.29 is 4.74 Å². The van der Waals surface area contributed by atoms with Crippen LogP contribution in [-0.4, -0.2) is 19.8 Å². The zero-order valence-corrected chi connectivity index (χ0v) is 12.2. The Labute approximate surface area is 119 Å². The van der Waals surface area contributed by atoms with Gasteiger partial charge in [0, 0.05) is 36.3 Å². The van der Waals surface area contributed by atoms with Crippen LogP contribution in [0, 0.1) is 5.41 Å². The first-order chi connectivity index (χ1) is 8.57. The van der Waals surface area contributed by atoms with E-state index in [0.717, 1.165) is 44.7 Å². The second-order valence-electron chi connectivity index (χ2n) is 5.30. The van der Waals surface area contributed by atoms with E-state index in [0.29, 0.717) is 15.5 Å². The molecule has 0 spiro atoms. The van der Waals surface area contributed by atoms with Crippen LogP contribution in [-0.2, 0) is 11.3 Å². The van der Waals surface area contributed by atoms with Gasteiger partial charge in [0.25, 0.3) is 0 Å². The summed E-state index contributed by atoms with van der Waals surface area (Å²) in [6, 6.07) is 5.66. The summed E-state index contributed by atoms with van der Waals surface area (Å²) in [4.78, 5) is 0. The Balaban J connectivity index is 1.84. The van der Waals surface area contributed by atoms with Crippen LogP contribution in [0.1, 0.15) is 25.3 Å². The van der Waals surface area contributed by atoms with Gasteiger partial charge in [-0.3, -0.25) is 0 Å². The second-order valence-corrected chi connectivity index (χ2v) is 6.18. The van der Waals surface area contributed by atoms with Gasteiger partial charge in [-0.25, -0.2) is 0 Å². The third-order valence-corrected chi connectivity index (χ3v) is 3.94. The van der Waals surface area contributed by atoms with Crippen molar-refractivity contribution in [3.63, 3.8) is 0 Å². The Morgan fingerprint density at radius 3 is 2.39 bits per heavy atom. The van der Waals surface area contributed by atoms with Gasteiger partial charge in [-0.05, 0) is 42.0 Å². The van der Waals surface area contributed by atoms with Gasteiger partial charge in [0.05, 0.1) is 0 Å². The van der Waals surface area contributed by atoms with Crippen molar-refractivity contribution in [1.82, 2.24) is 5.32 Å². The summed E-state index contributed by atoms with van der Waals surface area (Å²) in [5, 5.41) is 4.88. The van der Waals surface area contributed by atoms with E-state index in [1.165, 1.54) is 0 Å². The molecule has 0 amide bonds. The van der Waals surface area contributed by atoms with E-state index >= 15 is 0 Å². The smallest absolute Gasteiger partial charge is 0.0471 e. The van der Waals surface area contributed by atoms with E-state index in [2.05, 4.69) is 12.2 Å². The molecular formula is C14H19Cl2NO. The Morgan fingerprint density at radius 1 is 1.17 bits per heavy atom. The summed E-state index contributed by atoms with van der Waals surface area (Å²) >= 11 is 12.0. The van der Waals surface area contributed by atoms with Gasteiger partial charge in [0.2, 0.25) is 0 Å². The van der Waals surface area contributed by atoms with Gasteiger partial charge in [-0.1, -0.05) is 30.1 Å². The van der Waals surface area contributed by atoms with Crippen molar-refractivity contribution in [2.24, 2.45) is 5.41 Å². The minimum Gasteiger partial charge on any atom is -0.381 e. The van der Waals surface area contributed by atoms with Gasteiger partial charge in [0.15, 0.2) is 0 Å². The van der Waals surface area contributed by atoms with Crippen LogP contribution in [0.25, 0.3) is 0 Å². The monoisotopic (exact) mass is 287 g/mol. The molecule has 0 atom stereocenters. The Hall–Kier alpha value is -0.280. The Morgan fingerprint density at radius 2 is 1.78 bits per heavy atom. The van der Waals surface area contributed by atoms with Crippen molar-refractivity contribution >= 4 is 23.2 Å². The summed E-state index contributed by atoms with van der Waals surface area (Å²) in [5.74, 6) is 0. The summed E-state index contributed by atoms with van der Waals surface area (Å²) in [6.07, 6.45) is 2.24. The fourth-order valence-electron chi connectivity index (χ4n) is 2.26. The number of ether oxygens (including phenoxy) is 1. The second kappa shape index (κ2) is 6.25. The van der Waals surface area contributed by atoms with Gasteiger partial charge < -0.3 is 10.1 Å². The Kier molecular flexibility index (Phi) is 4.91. The molecule has 2 nitrogen and oxygen atoms in total. The topological polar surface area (TPSA) is 21.3 Å². The first-order valence-electron chi connectivity index (χ1n) is 6.31. The maximum Gasteiger partial charge on any atom is 0.0471 e. The molecule has 1 aromatic carbocycles. The summed E-state index contributed by atoms with van der Waals surface area (Å²) in [5.41, 5.74) is 1.48. The van der Waals surface area contributed by atoms with Gasteiger partial charge in [0.1, 0.15) is 0 Å². The maximum absolute atomic E-state index is 5.98. The highest BCUT2D eigenvalue weighted by Crippen LogP contribution is 2.28. The van der Waals surface area contributed by atoms with Crippen molar-refractivity contribution in [2.75, 3.05) is 19.8 Å². The minimum absolute atomic E-state index is 0.348. The first kappa shape index (κ1) is 14.1. The molecule has 4 heteroatoms. The molecule has 1 saturated heterocycles. The lowest BCUT2D eigenvalue weighted by atomic mass is 9.82. The SMILES string of the molecule is CC1(CNCc2cc(Cl)cc(Cl)c2)CCOCC1. The molecule has 1 heterocycles. The maximum atomic E-state index is 5.98. The molecule has 0 aromatic heterocycles. The third-order valence-electron chi connectivity index (χ3n) is 3.50. The van der Waals surface area contributed by atoms with Crippen LogP contribution in [0.3, 0.4) is 0 Å². The summed E-state index contributed by atoms with van der Waals surface area (Å²) in [6.45, 7) is 5.87. The van der Waals surface area contributed by atoms with Gasteiger partial charge in [-0.2, -0.15) is 0 Å². The molecule has 0 unspecified atom stereocenters. The lowest BCUT2D eigenvalue weighted by molar-refractivity contribution is 0.0240. The molecule has 1 aliphatic rings. The molecule has 18 heavy (non-hydrogen) atoms. The summed E-state index contributed by atoms with van der Waals surface area (Å²) < 4.78 is 5.40. The number of nitrogens with one attached hydrogen (secondary N) is 1. The van der Waals surface area contributed by atoms with Crippen molar-refractivity contribution in [1.29, 1.82) is 0 Å². The fourth-order valence-corrected chi connectivity index (χ4v) is 2.83. The third kappa shape index (κ3) is 4.13. The summed E-state index contributed by atoms with van der Waals surface area (Å²) in [7, 11) is 0. The van der Waals surface area contributed by atoms with E-state index in [9.17, 15) is 0 Å². The molecule has 100 valence electrons. The van der Waals surface area contributed by atoms with E-state index in [1.807, 2.05) is 12.1 Å². The zero-order valence-electron chi connectivity index (χ0n) is 10.6. The predicted molar refractivity (Wildman–Crippen MR) is 76.3 cm³/mol. The first-order valence-corrected chi connectivity index (χ1v) is 7.06. The fraction of sp³-hybridized carbons (Fsp3) is 0.571. The highest BCUT2D eigenvalue weighted by atomic mass is 35.5. The van der Waals surface area contributed by atoms with E-state index in [-0.39, 0.29) is 0 Å². The molecule has 0 saturated carbocycles. The molecule has 0 bridgehead atoms. The Bertz CT molecular complexity index is 383. The van der Waals surface area contributed by atoms with Crippen molar-refractivity contribution in [3.8, 4) is 0 Å². The standard InChI is InChI=1S/C14H19Cl2NO/c1-14(2-4-18-5-3-14)10-17-9-11-6-12(15)8-13(16)7-11/h6-8,17H,2-5,9-10H2,1H3.